The van der Waals surface area contributed by atoms with Crippen molar-refractivity contribution >= 4 is 11.8 Å². The molecule has 0 saturated carbocycles. The molecule has 0 saturated heterocycles. The molecule has 2 N–H and O–H groups in total. The molecule has 0 fully saturated rings. The van der Waals surface area contributed by atoms with Gasteiger partial charge in [0.1, 0.15) is 6.07 Å². The molecule has 2 aromatic carbocycles. The molecule has 0 aliphatic heterocycles. The Morgan fingerprint density at radius 1 is 1.08 bits per heavy atom. The van der Waals surface area contributed by atoms with Crippen molar-refractivity contribution in [1.82, 2.24) is 10.3 Å². The fourth-order valence-electron chi connectivity index (χ4n) is 2.39. The Bertz CT molecular complexity index is 899. The van der Waals surface area contributed by atoms with E-state index in [1.807, 2.05) is 66.7 Å². The minimum absolute atomic E-state index is 0.0809. The van der Waals surface area contributed by atoms with Crippen LogP contribution in [0.2, 0.25) is 0 Å². The van der Waals surface area contributed by atoms with Gasteiger partial charge in [-0.05, 0) is 17.7 Å². The number of nitrogens with zero attached hydrogens (tertiary/aromatic N) is 2. The Labute approximate surface area is 151 Å². The second-order valence-electron chi connectivity index (χ2n) is 5.61. The molecule has 6 heteroatoms. The highest BCUT2D eigenvalue weighted by Gasteiger charge is 2.14. The highest BCUT2D eigenvalue weighted by Crippen LogP contribution is 2.24. The number of hydrogen-bond donors (Lipinski definition) is 2. The summed E-state index contributed by atoms with van der Waals surface area (Å²) in [7, 11) is 0. The largest absolute Gasteiger partial charge is 0.419 e. The van der Waals surface area contributed by atoms with E-state index in [4.69, 9.17) is 4.42 Å². The molecule has 0 unspecified atom stereocenters. The fraction of sp³-hybridized carbons (Fsp3) is 0.150. The van der Waals surface area contributed by atoms with Crippen molar-refractivity contribution in [3.05, 3.63) is 71.9 Å². The Morgan fingerprint density at radius 3 is 2.46 bits per heavy atom. The van der Waals surface area contributed by atoms with Crippen LogP contribution in [0.4, 0.5) is 5.88 Å². The molecule has 1 amide bonds. The predicted octanol–water partition coefficient (Wildman–Crippen LogP) is 3.33. The topological polar surface area (TPSA) is 91.0 Å². The van der Waals surface area contributed by atoms with Crippen LogP contribution in [0.5, 0.6) is 0 Å². The van der Waals surface area contributed by atoms with Crippen LogP contribution in [0, 0.1) is 11.3 Å². The lowest BCUT2D eigenvalue weighted by Gasteiger charge is -2.06. The van der Waals surface area contributed by atoms with Gasteiger partial charge in [-0.2, -0.15) is 10.2 Å². The Balaban J connectivity index is 1.52. The first-order valence-electron chi connectivity index (χ1n) is 8.27. The van der Waals surface area contributed by atoms with Gasteiger partial charge in [-0.25, -0.2) is 0 Å². The summed E-state index contributed by atoms with van der Waals surface area (Å²) in [6, 6.07) is 21.1. The Hall–Kier alpha value is -3.59. The van der Waals surface area contributed by atoms with E-state index in [9.17, 15) is 10.1 Å². The van der Waals surface area contributed by atoms with Gasteiger partial charge in [-0.15, -0.1) is 0 Å². The first kappa shape index (κ1) is 17.2. The zero-order valence-electron chi connectivity index (χ0n) is 14.1. The molecule has 3 rings (SSSR count). The molecule has 130 valence electrons. The molecule has 3 aromatic rings. The number of aromatic nitrogens is 1. The minimum atomic E-state index is -0.0809. The van der Waals surface area contributed by atoms with Crippen molar-refractivity contribution < 1.29 is 9.21 Å². The average Bonchev–Trinajstić information content (AvgIpc) is 3.11. The molecular formula is C20H18N4O2. The van der Waals surface area contributed by atoms with E-state index < -0.39 is 0 Å². The summed E-state index contributed by atoms with van der Waals surface area (Å²) < 4.78 is 5.63. The maximum atomic E-state index is 11.9. The van der Waals surface area contributed by atoms with Crippen molar-refractivity contribution in [2.45, 2.75) is 13.0 Å². The monoisotopic (exact) mass is 346 g/mol. The summed E-state index contributed by atoms with van der Waals surface area (Å²) >= 11 is 0. The highest BCUT2D eigenvalue weighted by atomic mass is 16.4. The molecular weight excluding hydrogens is 328 g/mol. The number of nitriles is 1. The number of rotatable bonds is 7. The normalized spacial score (nSPS) is 10.1. The van der Waals surface area contributed by atoms with Crippen LogP contribution in [-0.2, 0) is 11.3 Å². The van der Waals surface area contributed by atoms with E-state index in [0.29, 0.717) is 19.0 Å². The van der Waals surface area contributed by atoms with Crippen LogP contribution in [0.15, 0.2) is 65.1 Å². The standard InChI is InChI=1S/C20H18N4O2/c21-13-17-20(26-19(24-17)16-9-5-2-6-10-16)22-12-11-18(25)23-14-15-7-3-1-4-8-15/h1-10,22H,11-12,14H2,(H,23,25). The lowest BCUT2D eigenvalue weighted by molar-refractivity contribution is -0.121. The van der Waals surface area contributed by atoms with E-state index in [-0.39, 0.29) is 23.9 Å². The van der Waals surface area contributed by atoms with Crippen LogP contribution in [0.1, 0.15) is 17.7 Å². The molecule has 0 aliphatic carbocycles. The van der Waals surface area contributed by atoms with Gasteiger partial charge in [0.2, 0.25) is 23.4 Å². The van der Waals surface area contributed by atoms with E-state index in [2.05, 4.69) is 15.6 Å². The summed E-state index contributed by atoms with van der Waals surface area (Å²) in [6.45, 7) is 0.836. The zero-order valence-corrected chi connectivity index (χ0v) is 14.1. The number of hydrogen-bond acceptors (Lipinski definition) is 5. The lowest BCUT2D eigenvalue weighted by atomic mass is 10.2. The fourth-order valence-corrected chi connectivity index (χ4v) is 2.39. The molecule has 0 aliphatic rings. The third kappa shape index (κ3) is 4.48. The van der Waals surface area contributed by atoms with Gasteiger partial charge in [-0.3, -0.25) is 4.79 Å². The summed E-state index contributed by atoms with van der Waals surface area (Å²) in [4.78, 5) is 16.1. The molecule has 0 atom stereocenters. The number of amides is 1. The number of benzene rings is 2. The third-order valence-corrected chi connectivity index (χ3v) is 3.72. The van der Waals surface area contributed by atoms with Crippen molar-refractivity contribution in [2.75, 3.05) is 11.9 Å². The quantitative estimate of drug-likeness (QED) is 0.685. The Kier molecular flexibility index (Phi) is 5.63. The van der Waals surface area contributed by atoms with Crippen LogP contribution >= 0.6 is 0 Å². The second-order valence-corrected chi connectivity index (χ2v) is 5.61. The van der Waals surface area contributed by atoms with Gasteiger partial charge in [0, 0.05) is 25.1 Å². The van der Waals surface area contributed by atoms with Crippen LogP contribution in [0.25, 0.3) is 11.5 Å². The van der Waals surface area contributed by atoms with E-state index in [0.717, 1.165) is 11.1 Å². The SMILES string of the molecule is N#Cc1nc(-c2ccccc2)oc1NCCC(=O)NCc1ccccc1. The Morgan fingerprint density at radius 2 is 1.77 bits per heavy atom. The molecule has 0 spiro atoms. The molecule has 0 radical (unpaired) electrons. The van der Waals surface area contributed by atoms with Gasteiger partial charge in [0.15, 0.2) is 0 Å². The van der Waals surface area contributed by atoms with Gasteiger partial charge >= 0.3 is 0 Å². The van der Waals surface area contributed by atoms with Gasteiger partial charge in [-0.1, -0.05) is 48.5 Å². The molecule has 0 bridgehead atoms. The maximum Gasteiger partial charge on any atom is 0.232 e. The van der Waals surface area contributed by atoms with Gasteiger partial charge in [0.25, 0.3) is 0 Å². The summed E-state index contributed by atoms with van der Waals surface area (Å²) in [5, 5.41) is 15.0. The number of oxazole rings is 1. The van der Waals surface area contributed by atoms with Crippen molar-refractivity contribution in [3.63, 3.8) is 0 Å². The molecule has 1 heterocycles. The number of carbonyl (C=O) groups is 1. The van der Waals surface area contributed by atoms with E-state index in [1.54, 1.807) is 0 Å². The maximum absolute atomic E-state index is 11.9. The number of carbonyl (C=O) groups excluding carboxylic acids is 1. The van der Waals surface area contributed by atoms with Crippen LogP contribution in [0.3, 0.4) is 0 Å². The highest BCUT2D eigenvalue weighted by molar-refractivity contribution is 5.76. The number of nitrogens with one attached hydrogen (secondary N) is 2. The minimum Gasteiger partial charge on any atom is -0.419 e. The average molecular weight is 346 g/mol. The van der Waals surface area contributed by atoms with Crippen molar-refractivity contribution in [2.24, 2.45) is 0 Å². The van der Waals surface area contributed by atoms with Crippen molar-refractivity contribution in [3.8, 4) is 17.5 Å². The van der Waals surface area contributed by atoms with Gasteiger partial charge < -0.3 is 15.1 Å². The summed E-state index contributed by atoms with van der Waals surface area (Å²) in [5.41, 5.74) is 2.01. The zero-order chi connectivity index (χ0) is 18.2. The number of anilines is 1. The molecule has 26 heavy (non-hydrogen) atoms. The second kappa shape index (κ2) is 8.49. The summed E-state index contributed by atoms with van der Waals surface area (Å²) in [5.74, 6) is 0.572. The predicted molar refractivity (Wildman–Crippen MR) is 98.0 cm³/mol. The van der Waals surface area contributed by atoms with Crippen molar-refractivity contribution in [1.29, 1.82) is 5.26 Å². The lowest BCUT2D eigenvalue weighted by Crippen LogP contribution is -2.24. The molecule has 1 aromatic heterocycles. The van der Waals surface area contributed by atoms with E-state index in [1.165, 1.54) is 0 Å². The smallest absolute Gasteiger partial charge is 0.232 e. The van der Waals surface area contributed by atoms with E-state index >= 15 is 0 Å². The first-order chi connectivity index (χ1) is 12.8. The first-order valence-corrected chi connectivity index (χ1v) is 8.27. The van der Waals surface area contributed by atoms with Crippen LogP contribution < -0.4 is 10.6 Å². The summed E-state index contributed by atoms with van der Waals surface area (Å²) in [6.07, 6.45) is 0.263. The van der Waals surface area contributed by atoms with Gasteiger partial charge in [0.05, 0.1) is 0 Å². The van der Waals surface area contributed by atoms with Crippen LogP contribution in [-0.4, -0.2) is 17.4 Å². The molecule has 6 nitrogen and oxygen atoms in total. The third-order valence-electron chi connectivity index (χ3n) is 3.72.